The zero-order chi connectivity index (χ0) is 57.0. The Morgan fingerprint density at radius 1 is 0.410 bits per heavy atom. The predicted molar refractivity (Wildman–Crippen MR) is 334 cm³/mol. The fourth-order valence-electron chi connectivity index (χ4n) is 8.18. The maximum atomic E-state index is 12.8. The molecule has 0 aliphatic carbocycles. The van der Waals surface area contributed by atoms with E-state index in [-0.39, 0.29) is 32.0 Å². The maximum Gasteiger partial charge on any atom is 0.472 e. The normalized spacial score (nSPS) is 14.1. The van der Waals surface area contributed by atoms with Crippen LogP contribution in [0, 0.1) is 0 Å². The first-order valence-corrected chi connectivity index (χ1v) is 32.8. The van der Waals surface area contributed by atoms with Gasteiger partial charge in [0.15, 0.2) is 6.10 Å². The molecule has 0 aliphatic rings. The fourth-order valence-corrected chi connectivity index (χ4v) is 8.92. The third-order valence-electron chi connectivity index (χ3n) is 13.0. The van der Waals surface area contributed by atoms with Crippen LogP contribution < -0.4 is 0 Å². The summed E-state index contributed by atoms with van der Waals surface area (Å²) in [5.74, 6) is -0.821. The highest BCUT2D eigenvalue weighted by atomic mass is 31.2. The molecule has 10 heteroatoms. The molecule has 9 nitrogen and oxygen atoms in total. The molecule has 0 saturated heterocycles. The lowest BCUT2D eigenvalue weighted by Gasteiger charge is -2.24. The zero-order valence-electron chi connectivity index (χ0n) is 50.6. The molecule has 0 amide bonds. The number of hydrogen-bond acceptors (Lipinski definition) is 7. The Kier molecular flexibility index (Phi) is 55.4. The van der Waals surface area contributed by atoms with E-state index in [1.54, 1.807) is 0 Å². The van der Waals surface area contributed by atoms with Crippen molar-refractivity contribution in [1.29, 1.82) is 0 Å². The van der Waals surface area contributed by atoms with Gasteiger partial charge in [-0.2, -0.15) is 0 Å². The van der Waals surface area contributed by atoms with E-state index in [0.717, 1.165) is 116 Å². The molecule has 0 saturated carbocycles. The molecule has 1 N–H and O–H groups in total. The van der Waals surface area contributed by atoms with E-state index in [2.05, 4.69) is 135 Å². The Labute approximate surface area is 479 Å². The summed E-state index contributed by atoms with van der Waals surface area (Å²) in [7, 11) is 1.45. The number of rotatable bonds is 56. The van der Waals surface area contributed by atoms with Crippen molar-refractivity contribution in [2.24, 2.45) is 0 Å². The minimum absolute atomic E-state index is 0.0220. The topological polar surface area (TPSA) is 108 Å². The number of ether oxygens (including phenoxy) is 2. The summed E-state index contributed by atoms with van der Waals surface area (Å²) in [6.45, 7) is 4.29. The van der Waals surface area contributed by atoms with Gasteiger partial charge in [-0.05, 0) is 109 Å². The van der Waals surface area contributed by atoms with Gasteiger partial charge in [0, 0.05) is 12.8 Å². The van der Waals surface area contributed by atoms with Crippen molar-refractivity contribution in [1.82, 2.24) is 0 Å². The number of likely N-dealkylation sites (N-methyl/N-ethyl adjacent to an activating group) is 1. The van der Waals surface area contributed by atoms with Crippen LogP contribution in [0.1, 0.15) is 245 Å². The third kappa shape index (κ3) is 61.6. The largest absolute Gasteiger partial charge is 0.472 e. The summed E-state index contributed by atoms with van der Waals surface area (Å²) in [5.41, 5.74) is 0. The lowest BCUT2D eigenvalue weighted by molar-refractivity contribution is -0.870. The first-order valence-electron chi connectivity index (χ1n) is 31.3. The van der Waals surface area contributed by atoms with Gasteiger partial charge in [-0.3, -0.25) is 18.6 Å². The number of quaternary nitrogens is 1. The van der Waals surface area contributed by atoms with Crippen LogP contribution in [-0.2, 0) is 32.7 Å². The van der Waals surface area contributed by atoms with E-state index in [4.69, 9.17) is 18.5 Å². The van der Waals surface area contributed by atoms with Gasteiger partial charge in [0.25, 0.3) is 0 Å². The molecule has 78 heavy (non-hydrogen) atoms. The van der Waals surface area contributed by atoms with Crippen LogP contribution in [0.5, 0.6) is 0 Å². The monoisotopic (exact) mass is 1110 g/mol. The van der Waals surface area contributed by atoms with Crippen molar-refractivity contribution >= 4 is 19.8 Å². The molecule has 446 valence electrons. The van der Waals surface area contributed by atoms with E-state index < -0.39 is 26.5 Å². The molecule has 0 aromatic carbocycles. The van der Waals surface area contributed by atoms with Crippen molar-refractivity contribution < 1.29 is 42.1 Å². The van der Waals surface area contributed by atoms with Crippen LogP contribution in [0.3, 0.4) is 0 Å². The van der Waals surface area contributed by atoms with E-state index >= 15 is 0 Å². The highest BCUT2D eigenvalue weighted by Gasteiger charge is 2.27. The second-order valence-electron chi connectivity index (χ2n) is 21.7. The molecule has 0 aromatic rings. The lowest BCUT2D eigenvalue weighted by Crippen LogP contribution is -2.37. The van der Waals surface area contributed by atoms with E-state index in [1.165, 1.54) is 96.3 Å². The quantitative estimate of drug-likeness (QED) is 0.0211. The number of esters is 2. The number of allylic oxidation sites excluding steroid dienone is 20. The van der Waals surface area contributed by atoms with Crippen molar-refractivity contribution in [3.63, 3.8) is 0 Å². The van der Waals surface area contributed by atoms with E-state index in [0.29, 0.717) is 17.4 Å². The van der Waals surface area contributed by atoms with Crippen LogP contribution >= 0.6 is 7.82 Å². The van der Waals surface area contributed by atoms with E-state index in [1.807, 2.05) is 21.1 Å². The summed E-state index contributed by atoms with van der Waals surface area (Å²) in [4.78, 5) is 35.8. The number of carbonyl (C=O) groups excluding carboxylic acids is 2. The van der Waals surface area contributed by atoms with Crippen LogP contribution in [0.2, 0.25) is 0 Å². The highest BCUT2D eigenvalue weighted by Crippen LogP contribution is 2.43. The molecule has 0 rings (SSSR count). The first kappa shape index (κ1) is 74.4. The lowest BCUT2D eigenvalue weighted by atomic mass is 10.0. The smallest absolute Gasteiger partial charge is 0.462 e. The number of phosphoric acid groups is 1. The van der Waals surface area contributed by atoms with Gasteiger partial charge < -0.3 is 18.9 Å². The summed E-state index contributed by atoms with van der Waals surface area (Å²) in [6, 6.07) is 0. The van der Waals surface area contributed by atoms with Gasteiger partial charge in [-0.15, -0.1) is 0 Å². The summed E-state index contributed by atoms with van der Waals surface area (Å²) >= 11 is 0. The molecule has 2 atom stereocenters. The first-order chi connectivity index (χ1) is 38.0. The maximum absolute atomic E-state index is 12.8. The Balaban J connectivity index is 4.21. The summed E-state index contributed by atoms with van der Waals surface area (Å²) in [5, 5.41) is 0. The Bertz CT molecular complexity index is 1730. The number of unbranched alkanes of at least 4 members (excludes halogenated alkanes) is 22. The molecule has 0 aliphatic heterocycles. The van der Waals surface area contributed by atoms with Gasteiger partial charge in [0.2, 0.25) is 0 Å². The third-order valence-corrected chi connectivity index (χ3v) is 14.0. The molecule has 0 bridgehead atoms. The Hall–Kier alpha value is -3.59. The molecule has 2 unspecified atom stereocenters. The van der Waals surface area contributed by atoms with E-state index in [9.17, 15) is 19.0 Å². The standard InChI is InChI=1S/C68H116NO8P/c1-6-8-10-12-14-16-18-20-22-24-26-28-30-31-32-33-34-35-36-37-39-41-43-45-47-49-51-53-55-57-59-61-68(71)77-66(65-76-78(72,73)75-63-62-69(3,4)5)64-74-67(70)60-58-56-54-52-50-48-46-44-42-40-38-29-27-25-23-21-19-17-15-13-11-9-7-2/h8,10,14,16,19-22,25-28,31-32,34-35,37,39,43,45,66H,6-7,9,11-13,15,17-18,23-24,29-30,33,36,38,40-42,44,46-65H2,1-5H3/p+1/b10-8-,16-14-,21-19-,22-20-,27-25-,28-26-,32-31-,35-34-,39-37-,45-43-. The summed E-state index contributed by atoms with van der Waals surface area (Å²) in [6.07, 6.45) is 82.7. The van der Waals surface area contributed by atoms with Crippen LogP contribution in [-0.4, -0.2) is 74.9 Å². The fraction of sp³-hybridized carbons (Fsp3) is 0.676. The molecular formula is C68H117NO8P+. The Morgan fingerprint density at radius 2 is 0.731 bits per heavy atom. The van der Waals surface area contributed by atoms with Gasteiger partial charge in [-0.1, -0.05) is 245 Å². The number of hydrogen-bond donors (Lipinski definition) is 1. The minimum atomic E-state index is -4.40. The molecule has 0 radical (unpaired) electrons. The van der Waals surface area contributed by atoms with Crippen molar-refractivity contribution in [3.05, 3.63) is 122 Å². The number of phosphoric ester groups is 1. The molecule has 0 aromatic heterocycles. The van der Waals surface area contributed by atoms with Crippen LogP contribution in [0.25, 0.3) is 0 Å². The zero-order valence-corrected chi connectivity index (χ0v) is 51.5. The van der Waals surface area contributed by atoms with Gasteiger partial charge in [0.1, 0.15) is 19.8 Å². The summed E-state index contributed by atoms with van der Waals surface area (Å²) < 4.78 is 34.6. The van der Waals surface area contributed by atoms with Crippen molar-refractivity contribution in [3.8, 4) is 0 Å². The average Bonchev–Trinajstić information content (AvgIpc) is 3.40. The van der Waals surface area contributed by atoms with Gasteiger partial charge >= 0.3 is 19.8 Å². The number of nitrogens with zero attached hydrogens (tertiary/aromatic N) is 1. The van der Waals surface area contributed by atoms with Gasteiger partial charge in [0.05, 0.1) is 27.7 Å². The number of carbonyl (C=O) groups is 2. The molecular weight excluding hydrogens is 990 g/mol. The van der Waals surface area contributed by atoms with Crippen molar-refractivity contribution in [2.45, 2.75) is 251 Å². The highest BCUT2D eigenvalue weighted by molar-refractivity contribution is 7.47. The molecule has 0 fully saturated rings. The second kappa shape index (κ2) is 58.1. The Morgan fingerprint density at radius 3 is 1.09 bits per heavy atom. The second-order valence-corrected chi connectivity index (χ2v) is 23.2. The van der Waals surface area contributed by atoms with Crippen LogP contribution in [0.4, 0.5) is 0 Å². The average molecular weight is 1110 g/mol. The molecule has 0 heterocycles. The van der Waals surface area contributed by atoms with Crippen molar-refractivity contribution in [2.75, 3.05) is 47.5 Å². The predicted octanol–water partition coefficient (Wildman–Crippen LogP) is 19.9. The molecule has 0 spiro atoms. The minimum Gasteiger partial charge on any atom is -0.462 e. The van der Waals surface area contributed by atoms with Crippen LogP contribution in [0.15, 0.2) is 122 Å². The SMILES string of the molecule is CC/C=C\C/C=C\C/C=C\C/C=C\C/C=C\C/C=C\C/C=C\C/C=C\CCCCCCCCC(=O)OC(COC(=O)CCCCCCCCCCCCC/C=C\C/C=C\CCCCCCC)COP(=O)(O)OCC[N+](C)(C)C. The van der Waals surface area contributed by atoms with Gasteiger partial charge in [-0.25, -0.2) is 4.57 Å².